The van der Waals surface area contributed by atoms with Gasteiger partial charge in [-0.2, -0.15) is 4.98 Å². The van der Waals surface area contributed by atoms with Crippen LogP contribution in [0.3, 0.4) is 0 Å². The van der Waals surface area contributed by atoms with Gasteiger partial charge in [0.2, 0.25) is 5.91 Å². The third-order valence-corrected chi connectivity index (χ3v) is 5.21. The van der Waals surface area contributed by atoms with Gasteiger partial charge < -0.3 is 9.42 Å². The Hall–Kier alpha value is -2.95. The predicted molar refractivity (Wildman–Crippen MR) is 93.5 cm³/mol. The van der Waals surface area contributed by atoms with Crippen molar-refractivity contribution in [2.45, 2.75) is 25.7 Å². The maximum Gasteiger partial charge on any atom is 0.257 e. The molecule has 2 aromatic carbocycles. The van der Waals surface area contributed by atoms with Crippen LogP contribution in [0.2, 0.25) is 0 Å². The fourth-order valence-corrected chi connectivity index (χ4v) is 3.84. The summed E-state index contributed by atoms with van der Waals surface area (Å²) in [5.74, 6) is 1.61. The van der Waals surface area contributed by atoms with E-state index in [-0.39, 0.29) is 11.8 Å². The maximum absolute atomic E-state index is 11.7. The zero-order valence-electron chi connectivity index (χ0n) is 13.9. The van der Waals surface area contributed by atoms with E-state index in [1.54, 1.807) is 6.92 Å². The number of nitrogens with zero attached hydrogens (tertiary/aromatic N) is 3. The van der Waals surface area contributed by atoms with Gasteiger partial charge in [0.15, 0.2) is 5.82 Å². The van der Waals surface area contributed by atoms with Crippen molar-refractivity contribution in [3.63, 3.8) is 0 Å². The molecule has 0 spiro atoms. The van der Waals surface area contributed by atoms with E-state index in [2.05, 4.69) is 34.4 Å². The first-order chi connectivity index (χ1) is 12.2. The summed E-state index contributed by atoms with van der Waals surface area (Å²) < 4.78 is 5.51. The first-order valence-electron chi connectivity index (χ1n) is 8.53. The average Bonchev–Trinajstić information content (AvgIpc) is 3.22. The fraction of sp³-hybridized carbons (Fsp3) is 0.250. The summed E-state index contributed by atoms with van der Waals surface area (Å²) in [5.41, 5.74) is 5.71. The van der Waals surface area contributed by atoms with E-state index in [0.29, 0.717) is 5.89 Å². The highest BCUT2D eigenvalue weighted by molar-refractivity contribution is 5.94. The first-order valence-corrected chi connectivity index (χ1v) is 8.53. The van der Waals surface area contributed by atoms with Crippen LogP contribution in [0.5, 0.6) is 0 Å². The van der Waals surface area contributed by atoms with E-state index in [1.807, 2.05) is 23.1 Å². The quantitative estimate of drug-likeness (QED) is 0.723. The fourth-order valence-electron chi connectivity index (χ4n) is 3.84. The van der Waals surface area contributed by atoms with Gasteiger partial charge in [-0.25, -0.2) is 0 Å². The van der Waals surface area contributed by atoms with Crippen molar-refractivity contribution in [1.29, 1.82) is 0 Å². The van der Waals surface area contributed by atoms with E-state index < -0.39 is 0 Å². The molecule has 25 heavy (non-hydrogen) atoms. The first kappa shape index (κ1) is 14.4. The minimum atomic E-state index is 0.0789. The standard InChI is InChI=1S/C20H17N3O2/c1-12(24)23-9-8-14-10-15(6-7-18(14)23)20-21-19(22-25-20)17-11-13-4-2-3-5-16(13)17/h2-7,10,17H,8-9,11H2,1H3. The molecule has 1 atom stereocenters. The number of amides is 1. The Kier molecular flexibility index (Phi) is 3.04. The molecule has 0 saturated heterocycles. The smallest absolute Gasteiger partial charge is 0.257 e. The average molecular weight is 331 g/mol. The van der Waals surface area contributed by atoms with Crippen LogP contribution < -0.4 is 4.90 Å². The van der Waals surface area contributed by atoms with E-state index >= 15 is 0 Å². The Balaban J connectivity index is 1.44. The number of benzene rings is 2. The molecular formula is C20H17N3O2. The summed E-state index contributed by atoms with van der Waals surface area (Å²) in [5, 5.41) is 4.20. The number of aromatic nitrogens is 2. The number of hydrogen-bond acceptors (Lipinski definition) is 4. The molecule has 1 unspecified atom stereocenters. The third-order valence-electron chi connectivity index (χ3n) is 5.21. The molecule has 1 aliphatic carbocycles. The lowest BCUT2D eigenvalue weighted by Crippen LogP contribution is -2.25. The van der Waals surface area contributed by atoms with Crippen LogP contribution in [0.25, 0.3) is 11.5 Å². The molecule has 2 heterocycles. The van der Waals surface area contributed by atoms with E-state index in [9.17, 15) is 4.79 Å². The van der Waals surface area contributed by atoms with Gasteiger partial charge in [0, 0.05) is 24.7 Å². The molecule has 1 aliphatic heterocycles. The molecule has 1 aromatic heterocycles. The largest absolute Gasteiger partial charge is 0.334 e. The van der Waals surface area contributed by atoms with Gasteiger partial charge in [-0.1, -0.05) is 29.4 Å². The van der Waals surface area contributed by atoms with Gasteiger partial charge in [0.1, 0.15) is 0 Å². The van der Waals surface area contributed by atoms with Crippen LogP contribution in [0, 0.1) is 0 Å². The highest BCUT2D eigenvalue weighted by Gasteiger charge is 2.31. The number of anilines is 1. The summed E-state index contributed by atoms with van der Waals surface area (Å²) in [6.07, 6.45) is 1.83. The lowest BCUT2D eigenvalue weighted by molar-refractivity contribution is -0.116. The van der Waals surface area contributed by atoms with Gasteiger partial charge in [-0.05, 0) is 47.7 Å². The highest BCUT2D eigenvalue weighted by Crippen LogP contribution is 2.39. The molecule has 3 aromatic rings. The molecule has 2 aliphatic rings. The van der Waals surface area contributed by atoms with E-state index in [1.165, 1.54) is 11.1 Å². The molecule has 0 saturated carbocycles. The zero-order chi connectivity index (χ0) is 17.0. The molecular weight excluding hydrogens is 314 g/mol. The highest BCUT2D eigenvalue weighted by atomic mass is 16.5. The van der Waals surface area contributed by atoms with Gasteiger partial charge >= 0.3 is 0 Å². The van der Waals surface area contributed by atoms with Crippen molar-refractivity contribution in [2.75, 3.05) is 11.4 Å². The van der Waals surface area contributed by atoms with Crippen molar-refractivity contribution >= 4 is 11.6 Å². The molecule has 0 radical (unpaired) electrons. The van der Waals surface area contributed by atoms with Crippen LogP contribution >= 0.6 is 0 Å². The minimum Gasteiger partial charge on any atom is -0.334 e. The second-order valence-corrected chi connectivity index (χ2v) is 6.68. The van der Waals surface area contributed by atoms with Crippen molar-refractivity contribution in [1.82, 2.24) is 10.1 Å². The second kappa shape index (κ2) is 5.28. The van der Waals surface area contributed by atoms with Gasteiger partial charge in [0.25, 0.3) is 5.89 Å². The van der Waals surface area contributed by atoms with E-state index in [4.69, 9.17) is 4.52 Å². The number of carbonyl (C=O) groups is 1. The summed E-state index contributed by atoms with van der Waals surface area (Å²) in [6, 6.07) is 14.4. The third kappa shape index (κ3) is 2.19. The lowest BCUT2D eigenvalue weighted by atomic mass is 9.77. The Morgan fingerprint density at radius 1 is 1.20 bits per heavy atom. The molecule has 0 fully saturated rings. The summed E-state index contributed by atoms with van der Waals surface area (Å²) >= 11 is 0. The number of rotatable bonds is 2. The second-order valence-electron chi connectivity index (χ2n) is 6.68. The Labute approximate surface area is 145 Å². The number of carbonyl (C=O) groups excluding carboxylic acids is 1. The molecule has 5 nitrogen and oxygen atoms in total. The Morgan fingerprint density at radius 3 is 2.92 bits per heavy atom. The van der Waals surface area contributed by atoms with Gasteiger partial charge in [-0.3, -0.25) is 4.79 Å². The van der Waals surface area contributed by atoms with Crippen LogP contribution in [0.4, 0.5) is 5.69 Å². The summed E-state index contributed by atoms with van der Waals surface area (Å²) in [4.78, 5) is 18.1. The normalized spacial score (nSPS) is 17.8. The maximum atomic E-state index is 11.7. The lowest BCUT2D eigenvalue weighted by Gasteiger charge is -2.27. The molecule has 0 bridgehead atoms. The van der Waals surface area contributed by atoms with Gasteiger partial charge in [0.05, 0.1) is 5.92 Å². The molecule has 0 N–H and O–H groups in total. The minimum absolute atomic E-state index is 0.0789. The van der Waals surface area contributed by atoms with Crippen molar-refractivity contribution in [3.8, 4) is 11.5 Å². The van der Waals surface area contributed by atoms with Crippen molar-refractivity contribution < 1.29 is 9.32 Å². The van der Waals surface area contributed by atoms with Crippen molar-refractivity contribution in [2.24, 2.45) is 0 Å². The molecule has 5 heteroatoms. The molecule has 1 amide bonds. The van der Waals surface area contributed by atoms with Gasteiger partial charge in [-0.15, -0.1) is 0 Å². The molecule has 5 rings (SSSR count). The number of hydrogen-bond donors (Lipinski definition) is 0. The topological polar surface area (TPSA) is 59.2 Å². The predicted octanol–water partition coefficient (Wildman–Crippen LogP) is 3.33. The Bertz CT molecular complexity index is 992. The number of fused-ring (bicyclic) bond motifs is 2. The van der Waals surface area contributed by atoms with E-state index in [0.717, 1.165) is 42.0 Å². The van der Waals surface area contributed by atoms with Crippen LogP contribution in [0.1, 0.15) is 35.4 Å². The SMILES string of the molecule is CC(=O)N1CCc2cc(-c3nc(C4Cc5ccccc54)no3)ccc21. The summed E-state index contributed by atoms with van der Waals surface area (Å²) in [7, 11) is 0. The Morgan fingerprint density at radius 2 is 2.08 bits per heavy atom. The molecule has 124 valence electrons. The summed E-state index contributed by atoms with van der Waals surface area (Å²) in [6.45, 7) is 2.34. The van der Waals surface area contributed by atoms with Crippen LogP contribution in [-0.2, 0) is 17.6 Å². The van der Waals surface area contributed by atoms with Crippen molar-refractivity contribution in [3.05, 3.63) is 65.0 Å². The monoisotopic (exact) mass is 331 g/mol. The van der Waals surface area contributed by atoms with Crippen LogP contribution in [0.15, 0.2) is 47.0 Å². The zero-order valence-corrected chi connectivity index (χ0v) is 13.9. The van der Waals surface area contributed by atoms with Crippen LogP contribution in [-0.4, -0.2) is 22.6 Å².